The quantitative estimate of drug-likeness (QED) is 0.206. The van der Waals surface area contributed by atoms with Crippen molar-refractivity contribution >= 4 is 34.6 Å². The van der Waals surface area contributed by atoms with E-state index in [0.29, 0.717) is 34.0 Å². The molecule has 0 nitrogen and oxygen atoms in total. The third kappa shape index (κ3) is 5.79. The maximum atomic E-state index is 2.88. The second-order valence-electron chi connectivity index (χ2n) is 15.2. The van der Waals surface area contributed by atoms with Crippen LogP contribution < -0.4 is 10.4 Å². The summed E-state index contributed by atoms with van der Waals surface area (Å²) in [5.74, 6) is 1.12. The molecule has 0 N–H and O–H groups in total. The van der Waals surface area contributed by atoms with Gasteiger partial charge in [-0.3, -0.25) is 0 Å². The lowest BCUT2D eigenvalue weighted by Gasteiger charge is -2.50. The minimum atomic E-state index is -2.05. The van der Waals surface area contributed by atoms with Crippen molar-refractivity contribution in [1.82, 2.24) is 0 Å². The van der Waals surface area contributed by atoms with Gasteiger partial charge in [0.2, 0.25) is 0 Å². The topological polar surface area (TPSA) is 0 Å². The molecule has 43 heavy (non-hydrogen) atoms. The molecule has 2 aromatic rings. The van der Waals surface area contributed by atoms with Gasteiger partial charge in [0.15, 0.2) is 0 Å². The molecule has 2 aromatic carbocycles. The van der Waals surface area contributed by atoms with E-state index in [-0.39, 0.29) is 0 Å². The van der Waals surface area contributed by atoms with Crippen molar-refractivity contribution < 1.29 is 0 Å². The molecule has 0 bridgehead atoms. The molecule has 4 rings (SSSR count). The van der Waals surface area contributed by atoms with Crippen molar-refractivity contribution in [2.75, 3.05) is 0 Å². The second-order valence-corrected chi connectivity index (χ2v) is 29.8. The summed E-state index contributed by atoms with van der Waals surface area (Å²) < 4.78 is 0. The van der Waals surface area contributed by atoms with Crippen molar-refractivity contribution in [2.24, 2.45) is 11.8 Å². The van der Waals surface area contributed by atoms with E-state index in [0.717, 1.165) is 0 Å². The molecule has 4 unspecified atom stereocenters. The van der Waals surface area contributed by atoms with Gasteiger partial charge in [-0.15, -0.1) is 0 Å². The number of rotatable bonds is 12. The fraction of sp³-hybridized carbons (Fsp3) is 0.500. The first-order chi connectivity index (χ1) is 20.3. The molecule has 0 fully saturated rings. The molecular formula is C40H60Si3. The third-order valence-electron chi connectivity index (χ3n) is 12.0. The molecule has 0 spiro atoms. The van der Waals surface area contributed by atoms with Gasteiger partial charge in [0.05, 0.1) is 8.07 Å². The molecule has 3 heteroatoms. The zero-order chi connectivity index (χ0) is 31.7. The van der Waals surface area contributed by atoms with Crippen molar-refractivity contribution in [2.45, 2.75) is 117 Å². The summed E-state index contributed by atoms with van der Waals surface area (Å²) in [6, 6.07) is 25.5. The van der Waals surface area contributed by atoms with Gasteiger partial charge in [0, 0.05) is 0 Å². The summed E-state index contributed by atoms with van der Waals surface area (Å²) in [5, 5.41) is 6.57. The molecule has 0 amide bonds. The zero-order valence-electron chi connectivity index (χ0n) is 29.5. The fourth-order valence-corrected chi connectivity index (χ4v) is 22.9. The van der Waals surface area contributed by atoms with Crippen LogP contribution in [0.5, 0.6) is 0 Å². The van der Waals surface area contributed by atoms with E-state index in [4.69, 9.17) is 0 Å². The van der Waals surface area contributed by atoms with Gasteiger partial charge in [0.25, 0.3) is 0 Å². The molecule has 0 heterocycles. The number of hydrogen-bond donors (Lipinski definition) is 0. The molecule has 0 aliphatic heterocycles. The van der Waals surface area contributed by atoms with Crippen molar-refractivity contribution in [1.29, 1.82) is 0 Å². The minimum Gasteiger partial charge on any atom is -0.0803 e. The Bertz CT molecular complexity index is 1270. The van der Waals surface area contributed by atoms with Crippen LogP contribution in [0.4, 0.5) is 0 Å². The third-order valence-corrected chi connectivity index (χ3v) is 28.3. The summed E-state index contributed by atoms with van der Waals surface area (Å²) in [7, 11) is -5.71. The highest BCUT2D eigenvalue weighted by Gasteiger charge is 2.56. The van der Waals surface area contributed by atoms with Gasteiger partial charge in [-0.2, -0.15) is 0 Å². The summed E-state index contributed by atoms with van der Waals surface area (Å²) in [6.45, 7) is 30.4. The summed E-state index contributed by atoms with van der Waals surface area (Å²) in [5.41, 5.74) is 5.98. The second kappa shape index (κ2) is 13.2. The highest BCUT2D eigenvalue weighted by Crippen LogP contribution is 2.61. The maximum Gasteiger partial charge on any atom is 0.114 e. The molecular weight excluding hydrogens is 565 g/mol. The predicted molar refractivity (Wildman–Crippen MR) is 202 cm³/mol. The maximum absolute atomic E-state index is 2.88. The van der Waals surface area contributed by atoms with Crippen LogP contribution in [-0.2, 0) is 0 Å². The van der Waals surface area contributed by atoms with E-state index in [1.807, 2.05) is 0 Å². The molecule has 2 aliphatic carbocycles. The Morgan fingerprint density at radius 2 is 0.860 bits per heavy atom. The Morgan fingerprint density at radius 1 is 0.535 bits per heavy atom. The van der Waals surface area contributed by atoms with Gasteiger partial charge in [0.1, 0.15) is 16.1 Å². The lowest BCUT2D eigenvalue weighted by molar-refractivity contribution is 0.694. The lowest BCUT2D eigenvalue weighted by Crippen LogP contribution is -2.51. The average molecular weight is 625 g/mol. The Balaban J connectivity index is 1.97. The molecule has 0 saturated carbocycles. The highest BCUT2D eigenvalue weighted by atomic mass is 28.3. The highest BCUT2D eigenvalue weighted by molar-refractivity contribution is 6.98. The predicted octanol–water partition coefficient (Wildman–Crippen LogP) is 11.1. The van der Waals surface area contributed by atoms with Crippen molar-refractivity contribution in [3.63, 3.8) is 0 Å². The van der Waals surface area contributed by atoms with E-state index in [2.05, 4.69) is 167 Å². The Hall–Kier alpha value is -1.95. The standard InChI is InChI=1S/C40H60Si3/c1-13-41(11,33-21-17-15-18-22-33)35-25-37(29(3)4)39(27-35)43(31(7)8,32(9)10)40-28-36(26-38(40)30(5)6)42(12,14-2)34-23-19-16-20-24-34/h15-32,39-40H,13-14H2,1-12H3. The Labute approximate surface area is 268 Å². The zero-order valence-corrected chi connectivity index (χ0v) is 32.5. The van der Waals surface area contributed by atoms with Gasteiger partial charge >= 0.3 is 0 Å². The summed E-state index contributed by atoms with van der Waals surface area (Å²) >= 11 is 0. The monoisotopic (exact) mass is 624 g/mol. The Kier molecular flexibility index (Phi) is 10.4. The van der Waals surface area contributed by atoms with Gasteiger partial charge < -0.3 is 0 Å². The van der Waals surface area contributed by atoms with E-state index >= 15 is 0 Å². The van der Waals surface area contributed by atoms with Crippen molar-refractivity contribution in [3.8, 4) is 0 Å². The van der Waals surface area contributed by atoms with Crippen molar-refractivity contribution in [3.05, 3.63) is 107 Å². The van der Waals surface area contributed by atoms with E-state index in [9.17, 15) is 0 Å². The molecule has 4 atom stereocenters. The van der Waals surface area contributed by atoms with Crippen LogP contribution in [0.25, 0.3) is 0 Å². The normalized spacial score (nSPS) is 22.0. The first kappa shape index (κ1) is 33.9. The van der Waals surface area contributed by atoms with Crippen LogP contribution in [0.15, 0.2) is 107 Å². The van der Waals surface area contributed by atoms with E-state index < -0.39 is 24.2 Å². The average Bonchev–Trinajstić information content (AvgIpc) is 3.65. The van der Waals surface area contributed by atoms with Crippen LogP contribution in [0.3, 0.4) is 0 Å². The molecule has 0 aromatic heterocycles. The lowest BCUT2D eigenvalue weighted by atomic mass is 10.0. The fourth-order valence-electron chi connectivity index (χ4n) is 8.85. The number of allylic oxidation sites excluding steroid dienone is 8. The number of hydrogen-bond acceptors (Lipinski definition) is 0. The molecule has 0 radical (unpaired) electrons. The van der Waals surface area contributed by atoms with Crippen LogP contribution in [-0.4, -0.2) is 24.2 Å². The van der Waals surface area contributed by atoms with Gasteiger partial charge in [-0.1, -0.05) is 211 Å². The van der Waals surface area contributed by atoms with E-state index in [1.54, 1.807) is 31.9 Å². The first-order valence-electron chi connectivity index (χ1n) is 17.3. The molecule has 2 aliphatic rings. The largest absolute Gasteiger partial charge is 0.114 e. The van der Waals surface area contributed by atoms with Crippen LogP contribution >= 0.6 is 0 Å². The van der Waals surface area contributed by atoms with Crippen LogP contribution in [0.2, 0.25) is 47.3 Å². The van der Waals surface area contributed by atoms with E-state index in [1.165, 1.54) is 12.1 Å². The molecule has 232 valence electrons. The van der Waals surface area contributed by atoms with Gasteiger partial charge in [-0.05, 0) is 34.0 Å². The first-order valence-corrected chi connectivity index (χ1v) is 25.0. The smallest absolute Gasteiger partial charge is 0.0803 e. The summed E-state index contributed by atoms with van der Waals surface area (Å²) in [4.78, 5) is 0. The molecule has 0 saturated heterocycles. The van der Waals surface area contributed by atoms with Crippen LogP contribution in [0.1, 0.15) is 69.2 Å². The van der Waals surface area contributed by atoms with Crippen LogP contribution in [0, 0.1) is 11.8 Å². The SMILES string of the molecule is CC[Si](C)(C1=CC([Si](C(C)C)(C(C)C)C2C=C([Si](C)(CC)c3ccccc3)C=C2C(C)C)C(C(C)C)=C1)c1ccccc1. The number of benzene rings is 2. The minimum absolute atomic E-state index is 0.560. The summed E-state index contributed by atoms with van der Waals surface area (Å²) in [6.07, 6.45) is 11.2. The van der Waals surface area contributed by atoms with Gasteiger partial charge in [-0.25, -0.2) is 0 Å². The Morgan fingerprint density at radius 3 is 1.12 bits per heavy atom.